The molecule has 11 nitrogen and oxygen atoms in total. The van der Waals surface area contributed by atoms with Gasteiger partial charge in [-0.15, -0.1) is 0 Å². The number of ether oxygens (including phenoxy) is 2. The number of aromatic nitrogens is 4. The van der Waals surface area contributed by atoms with Crippen LogP contribution in [0.5, 0.6) is 0 Å². The highest BCUT2D eigenvalue weighted by Crippen LogP contribution is 2.32. The molecule has 2 amide bonds. The zero-order valence-electron chi connectivity index (χ0n) is 20.7. The second-order valence-corrected chi connectivity index (χ2v) is 8.89. The van der Waals surface area contributed by atoms with Gasteiger partial charge in [-0.1, -0.05) is 0 Å². The van der Waals surface area contributed by atoms with E-state index in [1.54, 1.807) is 14.2 Å². The van der Waals surface area contributed by atoms with E-state index in [0.29, 0.717) is 30.6 Å². The molecule has 2 saturated heterocycles. The predicted octanol–water partition coefficient (Wildman–Crippen LogP) is 2.84. The van der Waals surface area contributed by atoms with Gasteiger partial charge < -0.3 is 29.9 Å². The lowest BCUT2D eigenvalue weighted by molar-refractivity contribution is 0.118. The van der Waals surface area contributed by atoms with Gasteiger partial charge in [0, 0.05) is 44.5 Å². The quantitative estimate of drug-likeness (QED) is 0.506. The Balaban J connectivity index is 1.50. The normalized spacial score (nSPS) is 16.7. The fourth-order valence-corrected chi connectivity index (χ4v) is 4.71. The maximum atomic E-state index is 11.6. The van der Waals surface area contributed by atoms with E-state index in [1.807, 2.05) is 30.5 Å². The summed E-state index contributed by atoms with van der Waals surface area (Å²) in [5.74, 6) is 2.21. The number of amides is 2. The molecule has 2 fully saturated rings. The number of morpholine rings is 1. The molecule has 2 aliphatic heterocycles. The smallest absolute Gasteiger partial charge is 0.318 e. The minimum absolute atomic E-state index is 0.225. The summed E-state index contributed by atoms with van der Waals surface area (Å²) in [5, 5.41) is 11.1. The van der Waals surface area contributed by atoms with Gasteiger partial charge in [-0.05, 0) is 43.7 Å². The number of likely N-dealkylation sites (tertiary alicyclic amines) is 1. The maximum Gasteiger partial charge on any atom is 0.318 e. The van der Waals surface area contributed by atoms with Crippen molar-refractivity contribution in [1.82, 2.24) is 30.0 Å². The summed E-state index contributed by atoms with van der Waals surface area (Å²) in [6, 6.07) is 7.50. The molecule has 190 valence electrons. The molecule has 0 radical (unpaired) electrons. The van der Waals surface area contributed by atoms with Crippen LogP contribution < -0.4 is 15.5 Å². The molecule has 2 aliphatic rings. The lowest BCUT2D eigenvalue weighted by atomic mass is 10.1. The van der Waals surface area contributed by atoms with E-state index in [4.69, 9.17) is 24.5 Å². The summed E-state index contributed by atoms with van der Waals surface area (Å²) in [6.07, 6.45) is 3.73. The topological polar surface area (TPSA) is 110 Å². The predicted molar refractivity (Wildman–Crippen MR) is 138 cm³/mol. The van der Waals surface area contributed by atoms with Crippen molar-refractivity contribution in [3.63, 3.8) is 0 Å². The number of benzene rings is 1. The zero-order valence-corrected chi connectivity index (χ0v) is 20.7. The van der Waals surface area contributed by atoms with Crippen LogP contribution in [0.3, 0.4) is 0 Å². The fourth-order valence-electron chi connectivity index (χ4n) is 4.71. The van der Waals surface area contributed by atoms with Crippen LogP contribution in [0.1, 0.15) is 18.9 Å². The molecule has 3 aromatic rings. The van der Waals surface area contributed by atoms with Crippen molar-refractivity contribution in [1.29, 1.82) is 0 Å². The van der Waals surface area contributed by atoms with Crippen LogP contribution >= 0.6 is 0 Å². The van der Waals surface area contributed by atoms with Crippen LogP contribution in [0.2, 0.25) is 0 Å². The number of hydrogen-bond acceptors (Lipinski definition) is 8. The number of rotatable bonds is 6. The van der Waals surface area contributed by atoms with Gasteiger partial charge in [0.1, 0.15) is 5.82 Å². The molecule has 0 unspecified atom stereocenters. The van der Waals surface area contributed by atoms with E-state index in [9.17, 15) is 4.79 Å². The highest BCUT2D eigenvalue weighted by molar-refractivity contribution is 5.90. The number of hydrogen-bond donors (Lipinski definition) is 2. The Morgan fingerprint density at radius 3 is 2.50 bits per heavy atom. The maximum absolute atomic E-state index is 11.6. The molecular formula is C25H32N8O3. The Morgan fingerprint density at radius 2 is 1.83 bits per heavy atom. The van der Waals surface area contributed by atoms with Gasteiger partial charge >= 0.3 is 6.03 Å². The Bertz CT molecular complexity index is 1230. The number of anilines is 2. The van der Waals surface area contributed by atoms with Crippen molar-refractivity contribution < 1.29 is 14.3 Å². The Morgan fingerprint density at radius 1 is 1.11 bits per heavy atom. The highest BCUT2D eigenvalue weighted by Gasteiger charge is 2.26. The third-order valence-electron chi connectivity index (χ3n) is 6.77. The molecule has 0 aliphatic carbocycles. The molecule has 0 spiro atoms. The number of piperidine rings is 1. The van der Waals surface area contributed by atoms with Crippen molar-refractivity contribution in [2.75, 3.05) is 63.8 Å². The number of nitrogens with zero attached hydrogens (tertiary/aromatic N) is 6. The molecular weight excluding hydrogens is 460 g/mol. The van der Waals surface area contributed by atoms with Gasteiger partial charge in [-0.25, -0.2) is 19.4 Å². The number of methoxy groups -OCH3 is 1. The van der Waals surface area contributed by atoms with Gasteiger partial charge in [-0.2, -0.15) is 5.10 Å². The van der Waals surface area contributed by atoms with Crippen molar-refractivity contribution in [3.05, 3.63) is 42.9 Å². The number of urea groups is 1. The average Bonchev–Trinajstić information content (AvgIpc) is 3.37. The molecule has 0 bridgehead atoms. The van der Waals surface area contributed by atoms with E-state index in [-0.39, 0.29) is 12.1 Å². The van der Waals surface area contributed by atoms with E-state index < -0.39 is 0 Å². The van der Waals surface area contributed by atoms with Crippen LogP contribution in [0.15, 0.2) is 42.9 Å². The van der Waals surface area contributed by atoms with Gasteiger partial charge in [0.05, 0.1) is 37.9 Å². The lowest BCUT2D eigenvalue weighted by Gasteiger charge is -2.33. The monoisotopic (exact) mass is 492 g/mol. The van der Waals surface area contributed by atoms with E-state index in [0.717, 1.165) is 61.4 Å². The molecule has 0 atom stereocenters. The first kappa shape index (κ1) is 23.9. The third kappa shape index (κ3) is 4.78. The van der Waals surface area contributed by atoms with Crippen LogP contribution in [0, 0.1) is 0 Å². The largest absolute Gasteiger partial charge is 0.483 e. The van der Waals surface area contributed by atoms with Crippen LogP contribution in [-0.2, 0) is 9.47 Å². The molecule has 11 heteroatoms. The second kappa shape index (κ2) is 10.4. The summed E-state index contributed by atoms with van der Waals surface area (Å²) < 4.78 is 12.9. The first-order chi connectivity index (χ1) is 17.6. The summed E-state index contributed by atoms with van der Waals surface area (Å²) >= 11 is 0. The average molecular weight is 493 g/mol. The van der Waals surface area contributed by atoms with E-state index in [1.165, 1.54) is 0 Å². The summed E-state index contributed by atoms with van der Waals surface area (Å²) in [5.41, 5.74) is 2.40. The first-order valence-corrected chi connectivity index (χ1v) is 12.2. The Labute approximate surface area is 210 Å². The summed E-state index contributed by atoms with van der Waals surface area (Å²) in [4.78, 5) is 26.0. The second-order valence-electron chi connectivity index (χ2n) is 8.89. The number of carbonyl (C=O) groups excluding carboxylic acids is 1. The standard InChI is InChI=1S/C25H32N8O3/c1-17(35-3)31-10-8-20(9-11-31)33-24-21(16-27-33)23(32-12-14-36-15-13-32)29-22(30-24)18-4-6-19(7-5-18)28-25(34)26-2/h4-7,16,20H,1,8-15H2,2-3H3,(H2,26,28,34). The van der Waals surface area contributed by atoms with E-state index in [2.05, 4.69) is 31.7 Å². The van der Waals surface area contributed by atoms with E-state index >= 15 is 0 Å². The molecule has 4 heterocycles. The molecule has 5 rings (SSSR count). The van der Waals surface area contributed by atoms with Crippen LogP contribution in [0.4, 0.5) is 16.3 Å². The number of carbonyl (C=O) groups is 1. The van der Waals surface area contributed by atoms with Gasteiger partial charge in [0.15, 0.2) is 17.4 Å². The van der Waals surface area contributed by atoms with Gasteiger partial charge in [0.2, 0.25) is 0 Å². The first-order valence-electron chi connectivity index (χ1n) is 12.2. The van der Waals surface area contributed by atoms with Crippen molar-refractivity contribution in [2.24, 2.45) is 0 Å². The minimum atomic E-state index is -0.265. The van der Waals surface area contributed by atoms with Crippen LogP contribution in [-0.4, -0.2) is 84.2 Å². The molecule has 2 N–H and O–H groups in total. The molecule has 1 aromatic carbocycles. The van der Waals surface area contributed by atoms with Crippen molar-refractivity contribution in [3.8, 4) is 11.4 Å². The Kier molecular flexibility index (Phi) is 6.90. The Hall–Kier alpha value is -3.86. The minimum Gasteiger partial charge on any atom is -0.483 e. The van der Waals surface area contributed by atoms with Gasteiger partial charge in [0.25, 0.3) is 0 Å². The summed E-state index contributed by atoms with van der Waals surface area (Å²) in [7, 11) is 3.24. The lowest BCUT2D eigenvalue weighted by Crippen LogP contribution is -2.37. The molecule has 0 saturated carbocycles. The van der Waals surface area contributed by atoms with Gasteiger partial charge in [-0.3, -0.25) is 0 Å². The number of fused-ring (bicyclic) bond motifs is 1. The number of nitrogens with one attached hydrogen (secondary N) is 2. The molecule has 36 heavy (non-hydrogen) atoms. The zero-order chi connectivity index (χ0) is 25.1. The third-order valence-corrected chi connectivity index (χ3v) is 6.77. The molecule has 2 aromatic heterocycles. The fraction of sp³-hybridized carbons (Fsp3) is 0.440. The van der Waals surface area contributed by atoms with Crippen LogP contribution in [0.25, 0.3) is 22.4 Å². The highest BCUT2D eigenvalue weighted by atomic mass is 16.5. The SMILES string of the molecule is C=C(OC)N1CCC(n2ncc3c(N4CCOCC4)nc(-c4ccc(NC(=O)NC)cc4)nc32)CC1. The summed E-state index contributed by atoms with van der Waals surface area (Å²) in [6.45, 7) is 8.56. The van der Waals surface area contributed by atoms with Crippen molar-refractivity contribution in [2.45, 2.75) is 18.9 Å². The van der Waals surface area contributed by atoms with Crippen molar-refractivity contribution >= 4 is 28.6 Å².